The van der Waals surface area contributed by atoms with Crippen molar-refractivity contribution < 1.29 is 9.53 Å². The monoisotopic (exact) mass is 280 g/mol. The van der Waals surface area contributed by atoms with Crippen molar-refractivity contribution >= 4 is 17.2 Å². The number of benzene rings is 2. The van der Waals surface area contributed by atoms with Crippen molar-refractivity contribution in [2.24, 2.45) is 0 Å². The van der Waals surface area contributed by atoms with Crippen molar-refractivity contribution in [2.45, 2.75) is 6.61 Å². The number of aldehydes is 1. The van der Waals surface area contributed by atoms with Crippen LogP contribution in [0, 0.1) is 0 Å². The highest BCUT2D eigenvalue weighted by Gasteiger charge is 2.04. The van der Waals surface area contributed by atoms with E-state index in [1.807, 2.05) is 6.07 Å². The zero-order chi connectivity index (χ0) is 14.7. The number of carbonyl (C=O) groups excluding carboxylic acids is 1. The molecule has 0 spiro atoms. The number of aromatic amines is 1. The molecule has 0 aliphatic heterocycles. The summed E-state index contributed by atoms with van der Waals surface area (Å²) in [5.41, 5.74) is 1.03. The van der Waals surface area contributed by atoms with Crippen molar-refractivity contribution in [1.29, 1.82) is 0 Å². The van der Waals surface area contributed by atoms with Crippen LogP contribution < -0.4 is 10.3 Å². The topological polar surface area (TPSA) is 72.0 Å². The van der Waals surface area contributed by atoms with Gasteiger partial charge in [0.05, 0.1) is 10.9 Å². The molecule has 1 heterocycles. The van der Waals surface area contributed by atoms with Gasteiger partial charge in [-0.3, -0.25) is 9.59 Å². The maximum absolute atomic E-state index is 11.9. The summed E-state index contributed by atoms with van der Waals surface area (Å²) in [4.78, 5) is 29.5. The molecule has 0 aliphatic carbocycles. The summed E-state index contributed by atoms with van der Waals surface area (Å²) in [5, 5.41) is 0.552. The van der Waals surface area contributed by atoms with Gasteiger partial charge < -0.3 is 9.72 Å². The Hall–Kier alpha value is -2.95. The van der Waals surface area contributed by atoms with E-state index in [9.17, 15) is 9.59 Å². The van der Waals surface area contributed by atoms with Crippen LogP contribution in [0.2, 0.25) is 0 Å². The molecule has 0 fully saturated rings. The van der Waals surface area contributed by atoms with E-state index in [0.29, 0.717) is 28.0 Å². The second-order valence-corrected chi connectivity index (χ2v) is 4.51. The average Bonchev–Trinajstić information content (AvgIpc) is 2.53. The Bertz CT molecular complexity index is 838. The van der Waals surface area contributed by atoms with Crippen LogP contribution in [0.1, 0.15) is 16.2 Å². The Morgan fingerprint density at radius 1 is 1.10 bits per heavy atom. The molecule has 1 aromatic heterocycles. The summed E-state index contributed by atoms with van der Waals surface area (Å²) in [5.74, 6) is 1.06. The van der Waals surface area contributed by atoms with Crippen LogP contribution >= 0.6 is 0 Å². The smallest absolute Gasteiger partial charge is 0.258 e. The quantitative estimate of drug-likeness (QED) is 0.744. The number of nitrogens with one attached hydrogen (secondary N) is 1. The molecule has 3 rings (SSSR count). The van der Waals surface area contributed by atoms with Gasteiger partial charge in [0.15, 0.2) is 0 Å². The van der Waals surface area contributed by atoms with Crippen LogP contribution in [0.5, 0.6) is 5.75 Å². The number of hydrogen-bond donors (Lipinski definition) is 1. The molecule has 21 heavy (non-hydrogen) atoms. The number of carbonyl (C=O) groups is 1. The highest BCUT2D eigenvalue weighted by molar-refractivity contribution is 5.77. The third kappa shape index (κ3) is 2.81. The third-order valence-electron chi connectivity index (χ3n) is 3.05. The number of H-pyrrole nitrogens is 1. The summed E-state index contributed by atoms with van der Waals surface area (Å²) < 4.78 is 5.55. The van der Waals surface area contributed by atoms with Gasteiger partial charge in [0.2, 0.25) is 0 Å². The second kappa shape index (κ2) is 5.58. The van der Waals surface area contributed by atoms with Crippen LogP contribution in [0.4, 0.5) is 0 Å². The molecule has 0 unspecified atom stereocenters. The summed E-state index contributed by atoms with van der Waals surface area (Å²) in [6.45, 7) is 0.153. The molecule has 1 N–H and O–H groups in total. The van der Waals surface area contributed by atoms with Crippen molar-refractivity contribution in [3.05, 3.63) is 70.3 Å². The molecule has 104 valence electrons. The van der Waals surface area contributed by atoms with Crippen LogP contribution in [0.3, 0.4) is 0 Å². The minimum atomic E-state index is -0.185. The van der Waals surface area contributed by atoms with E-state index < -0.39 is 0 Å². The zero-order valence-electron chi connectivity index (χ0n) is 11.1. The molecule has 0 atom stereocenters. The Balaban J connectivity index is 1.81. The third-order valence-corrected chi connectivity index (χ3v) is 3.05. The van der Waals surface area contributed by atoms with E-state index in [0.717, 1.165) is 6.29 Å². The zero-order valence-corrected chi connectivity index (χ0v) is 11.1. The normalized spacial score (nSPS) is 10.5. The van der Waals surface area contributed by atoms with Gasteiger partial charge in [-0.25, -0.2) is 4.98 Å². The largest absolute Gasteiger partial charge is 0.486 e. The lowest BCUT2D eigenvalue weighted by Crippen LogP contribution is -2.13. The Morgan fingerprint density at radius 3 is 2.62 bits per heavy atom. The van der Waals surface area contributed by atoms with Gasteiger partial charge in [-0.2, -0.15) is 0 Å². The summed E-state index contributed by atoms with van der Waals surface area (Å²) >= 11 is 0. The highest BCUT2D eigenvalue weighted by Crippen LogP contribution is 2.13. The maximum Gasteiger partial charge on any atom is 0.258 e. The molecule has 5 heteroatoms. The van der Waals surface area contributed by atoms with Gasteiger partial charge in [0, 0.05) is 5.56 Å². The number of para-hydroxylation sites is 1. The van der Waals surface area contributed by atoms with Crippen molar-refractivity contribution in [1.82, 2.24) is 9.97 Å². The summed E-state index contributed by atoms with van der Waals surface area (Å²) in [6, 6.07) is 13.9. The fourth-order valence-corrected chi connectivity index (χ4v) is 2.00. The predicted molar refractivity (Wildman–Crippen MR) is 78.5 cm³/mol. The minimum Gasteiger partial charge on any atom is -0.486 e. The molecule has 0 radical (unpaired) electrons. The van der Waals surface area contributed by atoms with E-state index in [1.54, 1.807) is 42.5 Å². The minimum absolute atomic E-state index is 0.153. The van der Waals surface area contributed by atoms with E-state index in [2.05, 4.69) is 9.97 Å². The number of hydrogen-bond acceptors (Lipinski definition) is 4. The first-order valence-electron chi connectivity index (χ1n) is 6.42. The SMILES string of the molecule is O=Cc1ccc(OCc2nc3ccccc3c(=O)[nH]2)cc1. The average molecular weight is 280 g/mol. The van der Waals surface area contributed by atoms with Gasteiger partial charge in [-0.1, -0.05) is 12.1 Å². The fraction of sp³-hybridized carbons (Fsp3) is 0.0625. The molecule has 0 aliphatic rings. The molecule has 0 saturated carbocycles. The lowest BCUT2D eigenvalue weighted by molar-refractivity contribution is 0.112. The summed E-state index contributed by atoms with van der Waals surface area (Å²) in [6.07, 6.45) is 0.770. The Kier molecular flexibility index (Phi) is 3.47. The van der Waals surface area contributed by atoms with Gasteiger partial charge in [-0.05, 0) is 36.4 Å². The van der Waals surface area contributed by atoms with Crippen LogP contribution in [-0.4, -0.2) is 16.3 Å². The number of rotatable bonds is 4. The van der Waals surface area contributed by atoms with Gasteiger partial charge >= 0.3 is 0 Å². The Labute approximate surface area is 120 Å². The number of aromatic nitrogens is 2. The number of ether oxygens (including phenoxy) is 1. The first-order valence-corrected chi connectivity index (χ1v) is 6.42. The van der Waals surface area contributed by atoms with Gasteiger partial charge in [0.1, 0.15) is 24.5 Å². The highest BCUT2D eigenvalue weighted by atomic mass is 16.5. The van der Waals surface area contributed by atoms with E-state index in [-0.39, 0.29) is 12.2 Å². The van der Waals surface area contributed by atoms with Crippen molar-refractivity contribution in [2.75, 3.05) is 0 Å². The molecule has 0 amide bonds. The fourth-order valence-electron chi connectivity index (χ4n) is 2.00. The van der Waals surface area contributed by atoms with Crippen molar-refractivity contribution in [3.8, 4) is 5.75 Å². The van der Waals surface area contributed by atoms with Crippen LogP contribution in [0.15, 0.2) is 53.3 Å². The first kappa shape index (κ1) is 13.1. The maximum atomic E-state index is 11.9. The molecule has 2 aromatic carbocycles. The molecule has 5 nitrogen and oxygen atoms in total. The van der Waals surface area contributed by atoms with Crippen LogP contribution in [-0.2, 0) is 6.61 Å². The van der Waals surface area contributed by atoms with Crippen molar-refractivity contribution in [3.63, 3.8) is 0 Å². The first-order chi connectivity index (χ1) is 10.3. The lowest BCUT2D eigenvalue weighted by atomic mass is 10.2. The second-order valence-electron chi connectivity index (χ2n) is 4.51. The van der Waals surface area contributed by atoms with Gasteiger partial charge in [-0.15, -0.1) is 0 Å². The van der Waals surface area contributed by atoms with Crippen LogP contribution in [0.25, 0.3) is 10.9 Å². The standard InChI is InChI=1S/C16H12N2O3/c19-9-11-5-7-12(8-6-11)21-10-15-17-14-4-2-1-3-13(14)16(20)18-15/h1-9H,10H2,(H,17,18,20). The molecular weight excluding hydrogens is 268 g/mol. The number of fused-ring (bicyclic) bond motifs is 1. The number of nitrogens with zero attached hydrogens (tertiary/aromatic N) is 1. The Morgan fingerprint density at radius 2 is 1.86 bits per heavy atom. The lowest BCUT2D eigenvalue weighted by Gasteiger charge is -2.06. The van der Waals surface area contributed by atoms with E-state index in [1.165, 1.54) is 0 Å². The summed E-state index contributed by atoms with van der Waals surface area (Å²) in [7, 11) is 0. The van der Waals surface area contributed by atoms with E-state index in [4.69, 9.17) is 4.74 Å². The molecule has 0 bridgehead atoms. The predicted octanol–water partition coefficient (Wildman–Crippen LogP) is 2.31. The molecule has 3 aromatic rings. The van der Waals surface area contributed by atoms with E-state index >= 15 is 0 Å². The molecular formula is C16H12N2O3. The van der Waals surface area contributed by atoms with Gasteiger partial charge in [0.25, 0.3) is 5.56 Å². The molecule has 0 saturated heterocycles.